The van der Waals surface area contributed by atoms with Crippen LogP contribution in [0.1, 0.15) is 129 Å². The molecule has 1 amide bonds. The Labute approximate surface area is 879 Å². The summed E-state index contributed by atoms with van der Waals surface area (Å²) in [5, 5.41) is 74.5. The van der Waals surface area contributed by atoms with Crippen LogP contribution < -0.4 is 117 Å². The second-order valence-corrected chi connectivity index (χ2v) is 36.5. The normalized spacial score (nSPS) is 12.5. The third-order valence-electron chi connectivity index (χ3n) is 21.4. The molecule has 39 heteroatoms. The van der Waals surface area contributed by atoms with E-state index in [9.17, 15) is 39.7 Å². The Bertz CT molecular complexity index is 5640. The Hall–Kier alpha value is -11.7. The number of hydrogen-bond donors (Lipinski definition) is 11. The number of amides is 1. The number of aliphatic carboxylic acids is 2. The first-order chi connectivity index (χ1) is 64.7. The number of nitrogens with one attached hydrogen (secondary N) is 2. The first-order valence-electron chi connectivity index (χ1n) is 42.2. The minimum Gasteiger partial charge on any atom is -1.00 e. The zero-order valence-corrected chi connectivity index (χ0v) is 86.2. The molecule has 774 valence electrons. The van der Waals surface area contributed by atoms with Crippen LogP contribution in [-0.4, -0.2) is 233 Å². The summed E-state index contributed by atoms with van der Waals surface area (Å²) >= 11 is 13.8. The maximum Gasteiger partial charge on any atom is 1.00 e. The number of carbonyl (C=O) groups is 3. The van der Waals surface area contributed by atoms with E-state index < -0.39 is 17.1 Å². The molecular weight excluding hydrogens is 1920 g/mol. The number of aliphatic imine (C=N–C) groups is 1. The smallest absolute Gasteiger partial charge is 1.00 e. The Kier molecular flexibility index (Phi) is 63.2. The molecule has 10 aromatic rings. The molecule has 4 aliphatic heterocycles. The molecule has 6 radical (unpaired) electrons. The molecule has 0 fully saturated rings. The van der Waals surface area contributed by atoms with E-state index in [1.54, 1.807) is 123 Å². The second kappa shape index (κ2) is 67.7. The van der Waals surface area contributed by atoms with Crippen molar-refractivity contribution >= 4 is 79.3 Å². The number of nitrogens with zero attached hydrogens (tertiary/aromatic N) is 2. The van der Waals surface area contributed by atoms with Gasteiger partial charge in [0.2, 0.25) is 5.91 Å². The van der Waals surface area contributed by atoms with Crippen molar-refractivity contribution in [2.75, 3.05) is 146 Å². The van der Waals surface area contributed by atoms with E-state index in [1.807, 2.05) is 84.9 Å². The number of fused-ring (bicyclic) bond motifs is 6. The largest absolute Gasteiger partial charge is 1.00 e. The summed E-state index contributed by atoms with van der Waals surface area (Å²) in [7, 11) is 25.0. The average molecular weight is 2070 g/mol. The molecule has 0 spiro atoms. The number of carboxylic acids is 2. The number of rotatable bonds is 28. The van der Waals surface area contributed by atoms with Gasteiger partial charge in [-0.25, -0.2) is 0 Å². The number of benzene rings is 10. The fourth-order valence-corrected chi connectivity index (χ4v) is 15.0. The summed E-state index contributed by atoms with van der Waals surface area (Å²) in [6, 6.07) is 48.4. The van der Waals surface area contributed by atoms with Gasteiger partial charge in [0.05, 0.1) is 119 Å². The minimum absolute atomic E-state index is 0. The van der Waals surface area contributed by atoms with E-state index in [4.69, 9.17) is 102 Å². The van der Waals surface area contributed by atoms with Gasteiger partial charge in [-0.2, -0.15) is 0 Å². The maximum atomic E-state index is 12.1. The number of phenols is 5. The van der Waals surface area contributed by atoms with Gasteiger partial charge in [0.1, 0.15) is 0 Å². The third kappa shape index (κ3) is 40.6. The van der Waals surface area contributed by atoms with Crippen molar-refractivity contribution in [1.29, 1.82) is 0 Å². The summed E-state index contributed by atoms with van der Waals surface area (Å²) < 4.78 is 88.4. The van der Waals surface area contributed by atoms with Crippen molar-refractivity contribution in [3.05, 3.63) is 236 Å². The van der Waals surface area contributed by atoms with Crippen LogP contribution in [0, 0.1) is 0 Å². The predicted octanol–water partition coefficient (Wildman–Crippen LogP) is 15.1. The Morgan fingerprint density at radius 2 is 0.796 bits per heavy atom. The van der Waals surface area contributed by atoms with Crippen LogP contribution >= 0.6 is 38.9 Å². The first kappa shape index (κ1) is 132. The molecule has 2 unspecified atom stereocenters. The van der Waals surface area contributed by atoms with E-state index >= 15 is 0 Å². The van der Waals surface area contributed by atoms with Gasteiger partial charge >= 0.3 is 40.7 Å². The first-order valence-corrected chi connectivity index (χ1v) is 46.6. The maximum absolute atomic E-state index is 12.1. The summed E-state index contributed by atoms with van der Waals surface area (Å²) in [5.74, 6) is 8.27. The molecule has 10 aromatic carbocycles. The van der Waals surface area contributed by atoms with Gasteiger partial charge in [0.25, 0.3) is 5.97 Å². The zero-order valence-electron chi connectivity index (χ0n) is 82.0. The minimum atomic E-state index is -3.22. The Balaban J connectivity index is -0.000000800. The molecule has 0 bridgehead atoms. The standard InChI is InChI=1S/C20H23NO4.C19H23NO5.C19H23NO4.C19H21NO4.C10H15NO2.C9H10O4.C2H4O2.CH4O.4CH4.2B.Cl3OP.Na.H2.H/c1-23-18-9-13-6-16-15-10-20(25-3)19(24-2)8-12(15)4-5-21(16)11-14(13)7-17(18)22;1-23-16-7-5-13(10-18(16)25-3)8-9-20-19(22)12-14-4-6-15(21)17(11-14)24-2;2*1-22-17-9-12(4-5-16(17)21)8-15-14-11-19(24-3)18(23-2)10-13(14)6-7-20-15;1-12-9-4-3-8(5-6-11)7-10(9)13-2;1-13-8-4-6(5-9(11)12)2-3-7(8)10;1-2(3)4;1-2;;;;;;;1-5(2,3)4;;;/h7-10,16,22H,4-6,11H2,1-3H3;4-7,10-11,21H,8-9,12H2,1-3H3,(H,20,22);4-5,9-11,15,20-21H,6-8H2,1-3H3;4-5,9-11,21H,6-8H2,1-3H3;3-4,7H,5-6,11H2,1-2H3;2-4,10H,5H2,1H3,(H,11,12);1H3,(H,3,4);2H,1H3;4*1H4;;;;;1H;/q;;;;;;;;;;;;;;;+1;;-1/i;;;;;;;;;;;;;;;;1+1;. The fraction of sp³-hybridized carbons (Fsp3) is 0.379. The quantitative estimate of drug-likeness (QED) is 0.0160. The van der Waals surface area contributed by atoms with Crippen LogP contribution in [0.3, 0.4) is 0 Å². The number of hydrogen-bond acceptors (Lipinski definition) is 29. The molecule has 0 saturated heterocycles. The number of aromatic hydroxyl groups is 5. The van der Waals surface area contributed by atoms with Crippen molar-refractivity contribution in [3.63, 3.8) is 0 Å². The topological polar surface area (TPSA) is 434 Å². The molecule has 2 atom stereocenters. The van der Waals surface area contributed by atoms with E-state index in [2.05, 4.69) is 73.5 Å². The second-order valence-electron chi connectivity index (χ2n) is 29.8. The van der Waals surface area contributed by atoms with Crippen LogP contribution in [0.5, 0.6) is 115 Å². The van der Waals surface area contributed by atoms with Crippen molar-refractivity contribution in [2.45, 2.75) is 119 Å². The van der Waals surface area contributed by atoms with Crippen LogP contribution in [0.4, 0.5) is 0 Å². The van der Waals surface area contributed by atoms with Crippen LogP contribution in [0.2, 0.25) is 0 Å². The number of carbonyl (C=O) groups excluding carboxylic acids is 1. The van der Waals surface area contributed by atoms with E-state index in [0.717, 1.165) is 153 Å². The average Bonchev–Trinajstić information content (AvgIpc) is 0.756. The summed E-state index contributed by atoms with van der Waals surface area (Å²) in [4.78, 5) is 38.6. The number of phenolic OH excluding ortho intramolecular Hbond substituents is 5. The molecule has 0 aromatic heterocycles. The number of nitrogens with two attached hydrogens (primary N) is 1. The zero-order chi connectivity index (χ0) is 99.6. The molecule has 32 nitrogen and oxygen atoms in total. The molecule has 4 heterocycles. The molecule has 14 rings (SSSR count). The summed E-state index contributed by atoms with van der Waals surface area (Å²) in [6.07, 6.45) is 6.91. The van der Waals surface area contributed by atoms with E-state index in [1.165, 1.54) is 76.9 Å². The third-order valence-corrected chi connectivity index (χ3v) is 21.4. The van der Waals surface area contributed by atoms with Crippen molar-refractivity contribution in [1.82, 2.24) is 15.5 Å². The van der Waals surface area contributed by atoms with Gasteiger partial charge in [-0.15, -0.1) is 0 Å². The van der Waals surface area contributed by atoms with Crippen molar-refractivity contribution < 1.29 is 163 Å². The number of halogens is 3. The monoisotopic (exact) mass is 2060 g/mol. The van der Waals surface area contributed by atoms with E-state index in [0.29, 0.717) is 83.5 Å². The van der Waals surface area contributed by atoms with Gasteiger partial charge < -0.3 is 130 Å². The number of ether oxygens (including phenoxy) is 15. The van der Waals surface area contributed by atoms with Gasteiger partial charge in [-0.3, -0.25) is 28.8 Å². The fourth-order valence-electron chi connectivity index (χ4n) is 15.0. The number of aliphatic hydroxyl groups excluding tert-OH is 1. The Morgan fingerprint density at radius 1 is 0.444 bits per heavy atom. The molecular formula is C103H142B2Cl3N5NaO27P. The predicted molar refractivity (Wildman–Crippen MR) is 561 cm³/mol. The molecule has 142 heavy (non-hydrogen) atoms. The Morgan fingerprint density at radius 3 is 1.24 bits per heavy atom. The number of methoxy groups -OCH3 is 15. The van der Waals surface area contributed by atoms with Gasteiger partial charge in [-0.05, 0) is 285 Å². The van der Waals surface area contributed by atoms with Crippen LogP contribution in [0.25, 0.3) is 0 Å². The van der Waals surface area contributed by atoms with Crippen LogP contribution in [0.15, 0.2) is 163 Å². The van der Waals surface area contributed by atoms with Crippen molar-refractivity contribution in [3.8, 4) is 115 Å². The van der Waals surface area contributed by atoms with Crippen molar-refractivity contribution in [2.24, 2.45) is 10.7 Å². The van der Waals surface area contributed by atoms with Gasteiger partial charge in [0.15, 0.2) is 115 Å². The molecule has 4 aliphatic rings. The summed E-state index contributed by atoms with van der Waals surface area (Å²) in [6.45, 7) is 5.76. The molecule has 12 N–H and O–H groups in total. The SMILES string of the molecule is C.C.C.C.CC(=O)O.CO.COc1cc(CC(=O)NCCc2ccc(OC)c(OC)c2)ccc1O.COc1cc(CC(=O)O)ccc1O.COc1cc(CC2=NCCc3cc(OC)c(OC)cc32)ccc1O.COc1cc(CC2NCCc3cc(OC)c(OC)cc32)ccc1O.COc1cc2c(cc1O)CN1CCc3cc(OC)c(OC)cc3C1C2.COc1ccc(CCN)cc1OC.O=P(Cl)(Cl)Cl.[2HH].[B].[B].[H-].[Na+]. The van der Waals surface area contributed by atoms with Gasteiger partial charge in [0, 0.05) is 88.2 Å². The van der Waals surface area contributed by atoms with Crippen LogP contribution in [-0.2, 0) is 89.7 Å². The van der Waals surface area contributed by atoms with E-state index in [-0.39, 0.29) is 132 Å². The molecule has 0 aliphatic carbocycles. The molecule has 0 saturated carbocycles. The summed E-state index contributed by atoms with van der Waals surface area (Å²) in [5.41, 5.74) is 22.0. The number of carboxylic acid groups (broad SMARTS) is 2. The number of aliphatic hydroxyl groups is 1. The van der Waals surface area contributed by atoms with Gasteiger partial charge in [-0.1, -0.05) is 66.1 Å².